The van der Waals surface area contributed by atoms with E-state index in [1.165, 1.54) is 0 Å². The molecule has 4 heterocycles. The molecule has 3 aliphatic rings. The number of likely N-dealkylation sites (N-methyl/N-ethyl adjacent to an activating group) is 1. The SMILES string of the molecule is CC[C@H]1C(=O)O[C@H](CC)[C@@]2(C)OC(=O)N(CCCCn3cc(-c4cccc(N)c4)nn3)[C@@H]2[C@@H](C)NC[C@H](C)C[C@@](C)(OC)[C@H](O[C@@H]2O[C@H](C)CC(N(C)C)C2O)[C@@H](C)C1=O. The molecule has 3 saturated heterocycles. The summed E-state index contributed by atoms with van der Waals surface area (Å²) in [7, 11) is 5.41. The maximum atomic E-state index is 14.6. The van der Waals surface area contributed by atoms with Crippen molar-refractivity contribution in [1.29, 1.82) is 0 Å². The number of hydrogen-bond donors (Lipinski definition) is 3. The van der Waals surface area contributed by atoms with Gasteiger partial charge in [0.15, 0.2) is 17.7 Å². The van der Waals surface area contributed by atoms with Gasteiger partial charge in [-0.1, -0.05) is 45.0 Å². The minimum absolute atomic E-state index is 0.0129. The summed E-state index contributed by atoms with van der Waals surface area (Å²) in [6.07, 6.45) is 0.395. The Morgan fingerprint density at radius 1 is 1.07 bits per heavy atom. The largest absolute Gasteiger partial charge is 0.457 e. The minimum atomic E-state index is -1.23. The van der Waals surface area contributed by atoms with E-state index in [-0.39, 0.29) is 36.3 Å². The third-order valence-corrected chi connectivity index (χ3v) is 13.1. The Labute approximate surface area is 356 Å². The maximum absolute atomic E-state index is 14.6. The van der Waals surface area contributed by atoms with Crippen LogP contribution in [0.15, 0.2) is 30.5 Å². The second-order valence-corrected chi connectivity index (χ2v) is 18.0. The molecule has 3 aliphatic heterocycles. The fourth-order valence-electron chi connectivity index (χ4n) is 9.72. The number of Topliss-reactive ketones (excluding diaryl/α,β-unsaturated/α-hetero) is 1. The summed E-state index contributed by atoms with van der Waals surface area (Å²) in [5, 5.41) is 23.8. The van der Waals surface area contributed by atoms with E-state index in [2.05, 4.69) is 22.6 Å². The molecule has 2 unspecified atom stereocenters. The Hall–Kier alpha value is -3.67. The molecular formula is C44H71N7O9. The normalized spacial score (nSPS) is 36.0. The number of carbonyl (C=O) groups excluding carboxylic acids is 3. The van der Waals surface area contributed by atoms with Crippen LogP contribution in [0.2, 0.25) is 0 Å². The summed E-state index contributed by atoms with van der Waals surface area (Å²) in [5.41, 5.74) is 5.96. The molecule has 60 heavy (non-hydrogen) atoms. The third-order valence-electron chi connectivity index (χ3n) is 13.1. The number of aliphatic hydroxyl groups is 1. The summed E-state index contributed by atoms with van der Waals surface area (Å²) in [5.74, 6) is -3.04. The summed E-state index contributed by atoms with van der Waals surface area (Å²) in [4.78, 5) is 46.4. The number of fused-ring (bicyclic) bond motifs is 1. The van der Waals surface area contributed by atoms with Crippen LogP contribution in [0.25, 0.3) is 11.3 Å². The number of aryl methyl sites for hydroxylation is 1. The number of carbonyl (C=O) groups is 3. The maximum Gasteiger partial charge on any atom is 0.410 e. The zero-order valence-corrected chi connectivity index (χ0v) is 37.6. The number of aliphatic hydroxyl groups excluding tert-OH is 1. The first-order valence-corrected chi connectivity index (χ1v) is 21.8. The van der Waals surface area contributed by atoms with Crippen LogP contribution in [-0.4, -0.2) is 142 Å². The topological polar surface area (TPSA) is 193 Å². The highest BCUT2D eigenvalue weighted by Crippen LogP contribution is 2.40. The van der Waals surface area contributed by atoms with Crippen LogP contribution >= 0.6 is 0 Å². The van der Waals surface area contributed by atoms with E-state index in [1.807, 2.05) is 84.1 Å². The van der Waals surface area contributed by atoms with Crippen molar-refractivity contribution in [3.63, 3.8) is 0 Å². The van der Waals surface area contributed by atoms with Crippen LogP contribution in [0.1, 0.15) is 93.9 Å². The number of benzene rings is 1. The number of hydrogen-bond acceptors (Lipinski definition) is 14. The average molecular weight is 842 g/mol. The number of nitrogens with one attached hydrogen (secondary N) is 1. The van der Waals surface area contributed by atoms with E-state index in [1.54, 1.807) is 30.5 Å². The van der Waals surface area contributed by atoms with Crippen molar-refractivity contribution in [2.45, 2.75) is 160 Å². The number of aromatic nitrogens is 3. The van der Waals surface area contributed by atoms with Crippen LogP contribution in [0.4, 0.5) is 10.5 Å². The van der Waals surface area contributed by atoms with Crippen molar-refractivity contribution in [3.05, 3.63) is 30.5 Å². The van der Waals surface area contributed by atoms with Crippen molar-refractivity contribution in [2.24, 2.45) is 17.8 Å². The number of cyclic esters (lactones) is 1. The molecule has 0 bridgehead atoms. The number of amides is 1. The van der Waals surface area contributed by atoms with Gasteiger partial charge < -0.3 is 44.7 Å². The molecule has 16 heteroatoms. The van der Waals surface area contributed by atoms with Gasteiger partial charge in [0.2, 0.25) is 0 Å². The number of esters is 1. The molecule has 0 radical (unpaired) electrons. The molecule has 1 aromatic carbocycles. The van der Waals surface area contributed by atoms with Gasteiger partial charge in [-0.25, -0.2) is 4.79 Å². The molecular weight excluding hydrogens is 771 g/mol. The number of ketones is 1. The number of methoxy groups -OCH3 is 1. The van der Waals surface area contributed by atoms with Crippen molar-refractivity contribution < 1.29 is 43.2 Å². The van der Waals surface area contributed by atoms with Gasteiger partial charge in [-0.2, -0.15) is 0 Å². The van der Waals surface area contributed by atoms with E-state index in [9.17, 15) is 19.5 Å². The number of anilines is 1. The summed E-state index contributed by atoms with van der Waals surface area (Å²) in [6, 6.07) is 6.46. The van der Waals surface area contributed by atoms with E-state index >= 15 is 0 Å². The van der Waals surface area contributed by atoms with Crippen LogP contribution in [0.5, 0.6) is 0 Å². The summed E-state index contributed by atoms with van der Waals surface area (Å²) < 4.78 is 33.5. The molecule has 0 aliphatic carbocycles. The minimum Gasteiger partial charge on any atom is -0.457 e. The Morgan fingerprint density at radius 2 is 1.78 bits per heavy atom. The first kappa shape index (κ1) is 47.4. The molecule has 2 aromatic rings. The predicted molar refractivity (Wildman–Crippen MR) is 227 cm³/mol. The van der Waals surface area contributed by atoms with Crippen LogP contribution in [0.3, 0.4) is 0 Å². The Morgan fingerprint density at radius 3 is 2.43 bits per heavy atom. The van der Waals surface area contributed by atoms with Crippen molar-refractivity contribution in [3.8, 4) is 11.3 Å². The van der Waals surface area contributed by atoms with Crippen LogP contribution < -0.4 is 11.1 Å². The highest BCUT2D eigenvalue weighted by molar-refractivity contribution is 6.00. The van der Waals surface area contributed by atoms with E-state index in [0.29, 0.717) is 57.4 Å². The first-order valence-electron chi connectivity index (χ1n) is 21.8. The molecule has 0 spiro atoms. The highest BCUT2D eigenvalue weighted by Gasteiger charge is 2.59. The van der Waals surface area contributed by atoms with E-state index in [4.69, 9.17) is 29.4 Å². The Kier molecular flexibility index (Phi) is 15.8. The smallest absolute Gasteiger partial charge is 0.410 e. The first-order chi connectivity index (χ1) is 28.4. The van der Waals surface area contributed by atoms with Gasteiger partial charge in [0.25, 0.3) is 0 Å². The fraction of sp³-hybridized carbons (Fsp3) is 0.750. The number of unbranched alkanes of at least 4 members (excludes halogenated alkanes) is 1. The number of ether oxygens (including phenoxy) is 5. The zero-order chi connectivity index (χ0) is 44.1. The van der Waals surface area contributed by atoms with Crippen molar-refractivity contribution in [2.75, 3.05) is 40.0 Å². The summed E-state index contributed by atoms with van der Waals surface area (Å²) >= 11 is 0. The van der Waals surface area contributed by atoms with E-state index < -0.39 is 65.7 Å². The molecule has 5 rings (SSSR count). The molecule has 0 saturated carbocycles. The quantitative estimate of drug-likeness (QED) is 0.116. The molecule has 16 nitrogen and oxygen atoms in total. The fourth-order valence-corrected chi connectivity index (χ4v) is 9.72. The molecule has 1 amide bonds. The lowest BCUT2D eigenvalue weighted by Crippen LogP contribution is -2.61. The van der Waals surface area contributed by atoms with Gasteiger partial charge in [-0.05, 0) is 105 Å². The van der Waals surface area contributed by atoms with E-state index in [0.717, 1.165) is 11.3 Å². The predicted octanol–water partition coefficient (Wildman–Crippen LogP) is 4.67. The van der Waals surface area contributed by atoms with Gasteiger partial charge in [-0.15, -0.1) is 5.10 Å². The third kappa shape index (κ3) is 10.3. The number of nitrogens with two attached hydrogens (primary N) is 1. The molecule has 3 fully saturated rings. The number of nitrogens with zero attached hydrogens (tertiary/aromatic N) is 5. The van der Waals surface area contributed by atoms with Crippen molar-refractivity contribution >= 4 is 23.5 Å². The van der Waals surface area contributed by atoms with Crippen LogP contribution in [0, 0.1) is 17.8 Å². The van der Waals surface area contributed by atoms with Gasteiger partial charge in [0.05, 0.1) is 30.0 Å². The molecule has 336 valence electrons. The molecule has 4 N–H and O–H groups in total. The average Bonchev–Trinajstić information content (AvgIpc) is 3.78. The van der Waals surface area contributed by atoms with Gasteiger partial charge in [-0.3, -0.25) is 19.2 Å². The zero-order valence-electron chi connectivity index (χ0n) is 37.6. The monoisotopic (exact) mass is 842 g/mol. The Bertz CT molecular complexity index is 1760. The van der Waals surface area contributed by atoms with Gasteiger partial charge in [0.1, 0.15) is 23.8 Å². The molecule has 1 aromatic heterocycles. The Balaban J connectivity index is 1.40. The lowest BCUT2D eigenvalue weighted by molar-refractivity contribution is -0.295. The lowest BCUT2D eigenvalue weighted by Gasteiger charge is -2.46. The second-order valence-electron chi connectivity index (χ2n) is 18.0. The number of nitrogen functional groups attached to an aromatic ring is 1. The summed E-state index contributed by atoms with van der Waals surface area (Å²) in [6.45, 7) is 16.7. The van der Waals surface area contributed by atoms with Gasteiger partial charge >= 0.3 is 12.1 Å². The molecule has 13 atom stereocenters. The lowest BCUT2D eigenvalue weighted by atomic mass is 9.78. The van der Waals surface area contributed by atoms with Gasteiger partial charge in [0, 0.05) is 49.5 Å². The standard InChI is InChI=1S/C44H71N7O9/c1-12-32-36(52)28(5)39(59-41-37(53)34(49(9)10)21-27(4)57-41)43(7,56-11)23-26(3)24-46-29(6)38-44(8,35(13-2)58-40(32)54)60-42(55)51(38)20-15-14-19-50-25-33(47-48-50)30-17-16-18-31(45)22-30/h16-18,22,25-29,32,34-35,37-39,41,46,53H,12-15,19-21,23-24,45H2,1-11H3/t26-,27-,28+,29-,32-,34?,35-,37?,38-,39-,41+,43-,44-/m1/s1. The number of rotatable bonds is 12. The second kappa shape index (κ2) is 20.0. The highest BCUT2D eigenvalue weighted by atomic mass is 16.7. The van der Waals surface area contributed by atoms with Crippen LogP contribution in [-0.2, 0) is 39.8 Å². The van der Waals surface area contributed by atoms with Crippen molar-refractivity contribution in [1.82, 2.24) is 30.1 Å².